The number of nitrogens with zero attached hydrogens (tertiary/aromatic N) is 1. The van der Waals surface area contributed by atoms with Crippen molar-refractivity contribution in [1.29, 1.82) is 0 Å². The molecule has 0 spiro atoms. The minimum atomic E-state index is -0.168. The number of phenols is 1. The average Bonchev–Trinajstić information content (AvgIpc) is 2.58. The van der Waals surface area contributed by atoms with E-state index in [1.165, 1.54) is 0 Å². The first-order chi connectivity index (χ1) is 11.1. The van der Waals surface area contributed by atoms with Gasteiger partial charge in [-0.25, -0.2) is 0 Å². The van der Waals surface area contributed by atoms with E-state index in [-0.39, 0.29) is 11.7 Å². The van der Waals surface area contributed by atoms with Crippen molar-refractivity contribution in [2.45, 2.75) is 0 Å². The molecular weight excluding hydrogens is 310 g/mol. The third-order valence-corrected chi connectivity index (χ3v) is 3.67. The summed E-state index contributed by atoms with van der Waals surface area (Å²) in [7, 11) is 0. The summed E-state index contributed by atoms with van der Waals surface area (Å²) in [5, 5.41) is 10.1. The van der Waals surface area contributed by atoms with Crippen LogP contribution in [-0.2, 0) is 0 Å². The number of benzene rings is 3. The predicted molar refractivity (Wildman–Crippen MR) is 92.5 cm³/mol. The number of para-hydroxylation sites is 1. The van der Waals surface area contributed by atoms with Crippen LogP contribution in [0.15, 0.2) is 78.9 Å². The van der Waals surface area contributed by atoms with Gasteiger partial charge in [-0.1, -0.05) is 29.8 Å². The second-order valence-corrected chi connectivity index (χ2v) is 5.44. The number of hydrogen-bond acceptors (Lipinski definition) is 2. The topological polar surface area (TPSA) is 40.5 Å². The van der Waals surface area contributed by atoms with E-state index in [9.17, 15) is 9.90 Å². The van der Waals surface area contributed by atoms with Crippen LogP contribution in [0.4, 0.5) is 11.4 Å². The largest absolute Gasteiger partial charge is 0.508 e. The highest BCUT2D eigenvalue weighted by Gasteiger charge is 2.19. The van der Waals surface area contributed by atoms with Gasteiger partial charge in [0.1, 0.15) is 5.75 Å². The molecule has 1 amide bonds. The Morgan fingerprint density at radius 1 is 0.783 bits per heavy atom. The average molecular weight is 324 g/mol. The molecule has 4 heteroatoms. The summed E-state index contributed by atoms with van der Waals surface area (Å²) in [4.78, 5) is 14.6. The molecule has 3 aromatic carbocycles. The van der Waals surface area contributed by atoms with E-state index in [2.05, 4.69) is 0 Å². The third kappa shape index (κ3) is 3.35. The maximum atomic E-state index is 13.0. The molecule has 0 heterocycles. The highest BCUT2D eigenvalue weighted by molar-refractivity contribution is 6.30. The van der Waals surface area contributed by atoms with Crippen LogP contribution in [0.3, 0.4) is 0 Å². The number of rotatable bonds is 3. The van der Waals surface area contributed by atoms with Gasteiger partial charge in [0.2, 0.25) is 0 Å². The normalized spacial score (nSPS) is 10.3. The molecule has 0 fully saturated rings. The molecular formula is C19H14ClNO2. The van der Waals surface area contributed by atoms with Crippen LogP contribution in [0, 0.1) is 0 Å². The van der Waals surface area contributed by atoms with Crippen LogP contribution in [0.2, 0.25) is 5.02 Å². The van der Waals surface area contributed by atoms with Crippen molar-refractivity contribution in [3.05, 3.63) is 89.4 Å². The quantitative estimate of drug-likeness (QED) is 0.735. The Balaban J connectivity index is 2.06. The fraction of sp³-hybridized carbons (Fsp3) is 0. The van der Waals surface area contributed by atoms with E-state index in [1.54, 1.807) is 53.4 Å². The number of phenolic OH excluding ortho intramolecular Hbond substituents is 1. The van der Waals surface area contributed by atoms with Crippen molar-refractivity contribution in [3.63, 3.8) is 0 Å². The summed E-state index contributed by atoms with van der Waals surface area (Å²) in [6.07, 6.45) is 0. The first-order valence-electron chi connectivity index (χ1n) is 7.09. The first-order valence-corrected chi connectivity index (χ1v) is 7.47. The summed E-state index contributed by atoms with van der Waals surface area (Å²) in [5.74, 6) is -0.0146. The molecule has 0 saturated carbocycles. The molecule has 23 heavy (non-hydrogen) atoms. The lowest BCUT2D eigenvalue weighted by Gasteiger charge is -2.23. The molecule has 0 aliphatic rings. The molecule has 114 valence electrons. The van der Waals surface area contributed by atoms with Crippen LogP contribution in [-0.4, -0.2) is 11.0 Å². The second-order valence-electron chi connectivity index (χ2n) is 5.00. The van der Waals surface area contributed by atoms with Gasteiger partial charge in [-0.15, -0.1) is 0 Å². The molecule has 0 bridgehead atoms. The number of halogens is 1. The van der Waals surface area contributed by atoms with Gasteiger partial charge in [0.05, 0.1) is 0 Å². The maximum Gasteiger partial charge on any atom is 0.262 e. The zero-order valence-electron chi connectivity index (χ0n) is 12.2. The Morgan fingerprint density at radius 2 is 1.35 bits per heavy atom. The van der Waals surface area contributed by atoms with Crippen molar-refractivity contribution < 1.29 is 9.90 Å². The van der Waals surface area contributed by atoms with Crippen molar-refractivity contribution in [3.8, 4) is 5.75 Å². The molecule has 0 saturated heterocycles. The van der Waals surface area contributed by atoms with Gasteiger partial charge in [-0.2, -0.15) is 0 Å². The Kier molecular flexibility index (Phi) is 4.31. The van der Waals surface area contributed by atoms with Crippen LogP contribution in [0.1, 0.15) is 10.4 Å². The molecule has 3 nitrogen and oxygen atoms in total. The SMILES string of the molecule is O=C(c1ccc(Cl)cc1)N(c1ccccc1)c1ccc(O)cc1. The van der Waals surface area contributed by atoms with Crippen molar-refractivity contribution in [1.82, 2.24) is 0 Å². The van der Waals surface area contributed by atoms with Gasteiger partial charge in [0, 0.05) is 22.0 Å². The summed E-state index contributed by atoms with van der Waals surface area (Å²) in [5.41, 5.74) is 1.96. The zero-order valence-corrected chi connectivity index (χ0v) is 12.9. The number of carbonyl (C=O) groups is 1. The first kappa shape index (κ1) is 15.1. The summed E-state index contributed by atoms with van der Waals surface area (Å²) in [6.45, 7) is 0. The minimum Gasteiger partial charge on any atom is -0.508 e. The van der Waals surface area contributed by atoms with Gasteiger partial charge in [0.25, 0.3) is 5.91 Å². The fourth-order valence-electron chi connectivity index (χ4n) is 2.28. The predicted octanol–water partition coefficient (Wildman–Crippen LogP) is 5.02. The van der Waals surface area contributed by atoms with Crippen molar-refractivity contribution >= 4 is 28.9 Å². The molecule has 0 aromatic heterocycles. The highest BCUT2D eigenvalue weighted by atomic mass is 35.5. The minimum absolute atomic E-state index is 0.153. The standard InChI is InChI=1S/C19H14ClNO2/c20-15-8-6-14(7-9-15)19(23)21(16-4-2-1-3-5-16)17-10-12-18(22)13-11-17/h1-13,22H. The van der Waals surface area contributed by atoms with Crippen LogP contribution >= 0.6 is 11.6 Å². The summed E-state index contributed by atoms with van der Waals surface area (Å²) < 4.78 is 0. The molecule has 0 aliphatic carbocycles. The lowest BCUT2D eigenvalue weighted by Crippen LogP contribution is -2.25. The van der Waals surface area contributed by atoms with Crippen LogP contribution in [0.5, 0.6) is 5.75 Å². The van der Waals surface area contributed by atoms with Crippen molar-refractivity contribution in [2.24, 2.45) is 0 Å². The molecule has 0 unspecified atom stereocenters. The lowest BCUT2D eigenvalue weighted by molar-refractivity contribution is 0.0999. The van der Waals surface area contributed by atoms with Crippen molar-refractivity contribution in [2.75, 3.05) is 4.90 Å². The molecule has 0 aliphatic heterocycles. The lowest BCUT2D eigenvalue weighted by atomic mass is 10.1. The number of aromatic hydroxyl groups is 1. The summed E-state index contributed by atoms with van der Waals surface area (Å²) >= 11 is 5.89. The number of amides is 1. The molecule has 0 radical (unpaired) electrons. The van der Waals surface area contributed by atoms with E-state index in [4.69, 9.17) is 11.6 Å². The molecule has 3 rings (SSSR count). The maximum absolute atomic E-state index is 13.0. The van der Waals surface area contributed by atoms with Gasteiger partial charge in [-0.05, 0) is 60.7 Å². The monoisotopic (exact) mass is 323 g/mol. The number of anilines is 2. The van der Waals surface area contributed by atoms with Gasteiger partial charge in [-0.3, -0.25) is 9.69 Å². The molecule has 0 atom stereocenters. The van der Waals surface area contributed by atoms with Gasteiger partial charge in [0.15, 0.2) is 0 Å². The van der Waals surface area contributed by atoms with E-state index in [0.29, 0.717) is 16.3 Å². The molecule has 1 N–H and O–H groups in total. The number of carbonyl (C=O) groups excluding carboxylic acids is 1. The Bertz CT molecular complexity index is 799. The zero-order chi connectivity index (χ0) is 16.2. The Hall–Kier alpha value is -2.78. The van der Waals surface area contributed by atoms with Crippen LogP contribution in [0.25, 0.3) is 0 Å². The fourth-order valence-corrected chi connectivity index (χ4v) is 2.41. The van der Waals surface area contributed by atoms with E-state index in [1.807, 2.05) is 30.3 Å². The smallest absolute Gasteiger partial charge is 0.262 e. The van der Waals surface area contributed by atoms with Crippen LogP contribution < -0.4 is 4.90 Å². The van der Waals surface area contributed by atoms with E-state index >= 15 is 0 Å². The second kappa shape index (κ2) is 6.55. The summed E-state index contributed by atoms with van der Waals surface area (Å²) in [6, 6.07) is 22.7. The Morgan fingerprint density at radius 3 is 1.96 bits per heavy atom. The number of hydrogen-bond donors (Lipinski definition) is 1. The van der Waals surface area contributed by atoms with Gasteiger partial charge >= 0.3 is 0 Å². The van der Waals surface area contributed by atoms with E-state index in [0.717, 1.165) is 5.69 Å². The van der Waals surface area contributed by atoms with E-state index < -0.39 is 0 Å². The third-order valence-electron chi connectivity index (χ3n) is 3.42. The highest BCUT2D eigenvalue weighted by Crippen LogP contribution is 2.29. The molecule has 3 aromatic rings. The Labute approximate surface area is 139 Å². The van der Waals surface area contributed by atoms with Gasteiger partial charge < -0.3 is 5.11 Å².